The Morgan fingerprint density at radius 1 is 1.71 bits per heavy atom. The molecule has 1 atom stereocenters. The molecule has 0 amide bonds. The number of alkyl halides is 1. The molecule has 0 aromatic carbocycles. The highest BCUT2D eigenvalue weighted by Crippen LogP contribution is 1.95. The molecule has 0 fully saturated rings. The van der Waals surface area contributed by atoms with Crippen molar-refractivity contribution in [3.05, 3.63) is 0 Å². The van der Waals surface area contributed by atoms with Crippen molar-refractivity contribution in [1.82, 2.24) is 0 Å². The number of ether oxygens (including phenoxy) is 1. The molecule has 0 saturated carbocycles. The fourth-order valence-electron chi connectivity index (χ4n) is 0.225. The van der Waals surface area contributed by atoms with E-state index in [0.29, 0.717) is 12.2 Å². The summed E-state index contributed by atoms with van der Waals surface area (Å²) in [6.07, 6.45) is 1.35. The monoisotopic (exact) mass is 122 g/mol. The Bertz CT molecular complexity index is 39.1. The quantitative estimate of drug-likeness (QED) is 0.521. The summed E-state index contributed by atoms with van der Waals surface area (Å²) < 4.78 is 4.96. The summed E-state index contributed by atoms with van der Waals surface area (Å²) in [6.45, 7) is 4.07. The number of hydrogen-bond acceptors (Lipinski definition) is 1. The van der Waals surface area contributed by atoms with Crippen LogP contribution in [0.5, 0.6) is 0 Å². The molecule has 44 valence electrons. The van der Waals surface area contributed by atoms with Crippen LogP contribution in [0, 0.1) is 0 Å². The largest absolute Gasteiger partial charge is 0.363 e. The summed E-state index contributed by atoms with van der Waals surface area (Å²) in [5.41, 5.74) is 0. The maximum atomic E-state index is 5.25. The fourth-order valence-corrected chi connectivity index (χ4v) is 0.440. The van der Waals surface area contributed by atoms with Gasteiger partial charge in [0.25, 0.3) is 0 Å². The SMILES string of the molecule is CC[C@@H](C)OCCl. The van der Waals surface area contributed by atoms with Crippen LogP contribution in [-0.2, 0) is 4.74 Å². The average molecular weight is 123 g/mol. The standard InChI is InChI=1S/C5H11ClO/c1-3-5(2)7-4-6/h5H,3-4H2,1-2H3/t5-/m1/s1. The van der Waals surface area contributed by atoms with Crippen molar-refractivity contribution in [2.75, 3.05) is 6.07 Å². The van der Waals surface area contributed by atoms with Gasteiger partial charge in [0.15, 0.2) is 0 Å². The smallest absolute Gasteiger partial charge is 0.121 e. The van der Waals surface area contributed by atoms with Gasteiger partial charge >= 0.3 is 0 Å². The molecule has 0 aliphatic carbocycles. The molecular formula is C5H11ClO. The topological polar surface area (TPSA) is 9.23 Å². The van der Waals surface area contributed by atoms with E-state index in [4.69, 9.17) is 16.3 Å². The first-order chi connectivity index (χ1) is 3.31. The Morgan fingerprint density at radius 3 is 2.43 bits per heavy atom. The van der Waals surface area contributed by atoms with Gasteiger partial charge in [0.1, 0.15) is 6.07 Å². The highest BCUT2D eigenvalue weighted by molar-refractivity contribution is 6.17. The summed E-state index contributed by atoms with van der Waals surface area (Å²) in [5, 5.41) is 0. The Balaban J connectivity index is 2.83. The van der Waals surface area contributed by atoms with Gasteiger partial charge in [-0.2, -0.15) is 0 Å². The Morgan fingerprint density at radius 2 is 2.29 bits per heavy atom. The lowest BCUT2D eigenvalue weighted by Crippen LogP contribution is -2.03. The van der Waals surface area contributed by atoms with Crippen LogP contribution < -0.4 is 0 Å². The summed E-state index contributed by atoms with van der Waals surface area (Å²) in [7, 11) is 0. The second-order valence-electron chi connectivity index (χ2n) is 1.49. The molecule has 0 aliphatic rings. The molecular weight excluding hydrogens is 112 g/mol. The van der Waals surface area contributed by atoms with Crippen molar-refractivity contribution < 1.29 is 4.74 Å². The van der Waals surface area contributed by atoms with E-state index in [1.165, 1.54) is 0 Å². The van der Waals surface area contributed by atoms with Crippen LogP contribution >= 0.6 is 11.6 Å². The van der Waals surface area contributed by atoms with Gasteiger partial charge in [0, 0.05) is 0 Å². The van der Waals surface area contributed by atoms with Gasteiger partial charge in [-0.15, -0.1) is 0 Å². The zero-order valence-electron chi connectivity index (χ0n) is 4.78. The van der Waals surface area contributed by atoms with E-state index >= 15 is 0 Å². The number of rotatable bonds is 3. The molecule has 1 nitrogen and oxygen atoms in total. The van der Waals surface area contributed by atoms with Gasteiger partial charge in [0.05, 0.1) is 6.10 Å². The van der Waals surface area contributed by atoms with E-state index in [2.05, 4.69) is 6.92 Å². The second-order valence-corrected chi connectivity index (χ2v) is 1.71. The lowest BCUT2D eigenvalue weighted by atomic mass is 10.3. The van der Waals surface area contributed by atoms with Crippen LogP contribution in [0.2, 0.25) is 0 Å². The highest BCUT2D eigenvalue weighted by Gasteiger charge is 1.92. The van der Waals surface area contributed by atoms with E-state index in [9.17, 15) is 0 Å². The van der Waals surface area contributed by atoms with Gasteiger partial charge < -0.3 is 4.74 Å². The Labute approximate surface area is 49.6 Å². The van der Waals surface area contributed by atoms with E-state index in [-0.39, 0.29) is 0 Å². The zero-order chi connectivity index (χ0) is 5.70. The van der Waals surface area contributed by atoms with Crippen LogP contribution in [0.25, 0.3) is 0 Å². The average Bonchev–Trinajstić information content (AvgIpc) is 1.68. The minimum atomic E-state index is 0.314. The van der Waals surface area contributed by atoms with E-state index < -0.39 is 0 Å². The van der Waals surface area contributed by atoms with Crippen molar-refractivity contribution in [1.29, 1.82) is 0 Å². The number of hydrogen-bond donors (Lipinski definition) is 0. The predicted molar refractivity (Wildman–Crippen MR) is 31.6 cm³/mol. The van der Waals surface area contributed by atoms with Crippen molar-refractivity contribution in [2.45, 2.75) is 26.4 Å². The maximum Gasteiger partial charge on any atom is 0.121 e. The van der Waals surface area contributed by atoms with E-state index in [1.807, 2.05) is 6.92 Å². The molecule has 0 N–H and O–H groups in total. The Hall–Kier alpha value is 0.250. The van der Waals surface area contributed by atoms with Crippen molar-refractivity contribution in [3.8, 4) is 0 Å². The summed E-state index contributed by atoms with van der Waals surface area (Å²) in [4.78, 5) is 0. The predicted octanol–water partition coefficient (Wildman–Crippen LogP) is 2.00. The van der Waals surface area contributed by atoms with Gasteiger partial charge in [-0.05, 0) is 13.3 Å². The molecule has 0 radical (unpaired) electrons. The molecule has 0 aromatic rings. The molecule has 0 bridgehead atoms. The molecule has 0 spiro atoms. The Kier molecular flexibility index (Phi) is 4.57. The van der Waals surface area contributed by atoms with Gasteiger partial charge in [-0.25, -0.2) is 0 Å². The molecule has 7 heavy (non-hydrogen) atoms. The van der Waals surface area contributed by atoms with Crippen LogP contribution in [0.3, 0.4) is 0 Å². The minimum absolute atomic E-state index is 0.314. The first-order valence-electron chi connectivity index (χ1n) is 2.48. The highest BCUT2D eigenvalue weighted by atomic mass is 35.5. The summed E-state index contributed by atoms with van der Waals surface area (Å²) >= 11 is 5.25. The third-order valence-corrected chi connectivity index (χ3v) is 1.05. The number of halogens is 1. The first-order valence-corrected chi connectivity index (χ1v) is 3.02. The molecule has 0 saturated heterocycles. The lowest BCUT2D eigenvalue weighted by Gasteiger charge is -2.04. The van der Waals surface area contributed by atoms with Gasteiger partial charge in [0.2, 0.25) is 0 Å². The summed E-state index contributed by atoms with van der Waals surface area (Å²) in [5.74, 6) is 0. The van der Waals surface area contributed by atoms with E-state index in [0.717, 1.165) is 6.42 Å². The van der Waals surface area contributed by atoms with Crippen molar-refractivity contribution in [2.24, 2.45) is 0 Å². The molecule has 0 aromatic heterocycles. The normalized spacial score (nSPS) is 14.1. The maximum absolute atomic E-state index is 5.25. The molecule has 0 unspecified atom stereocenters. The zero-order valence-corrected chi connectivity index (χ0v) is 5.53. The first kappa shape index (κ1) is 7.25. The molecule has 2 heteroatoms. The van der Waals surface area contributed by atoms with Crippen molar-refractivity contribution in [3.63, 3.8) is 0 Å². The molecule has 0 heterocycles. The summed E-state index contributed by atoms with van der Waals surface area (Å²) in [6, 6.07) is 0.314. The molecule has 0 rings (SSSR count). The third-order valence-electron chi connectivity index (χ3n) is 0.922. The van der Waals surface area contributed by atoms with Gasteiger partial charge in [-0.3, -0.25) is 0 Å². The molecule has 0 aliphatic heterocycles. The van der Waals surface area contributed by atoms with Crippen LogP contribution in [-0.4, -0.2) is 12.2 Å². The van der Waals surface area contributed by atoms with E-state index in [1.54, 1.807) is 0 Å². The van der Waals surface area contributed by atoms with Crippen LogP contribution in [0.15, 0.2) is 0 Å². The lowest BCUT2D eigenvalue weighted by molar-refractivity contribution is 0.0992. The van der Waals surface area contributed by atoms with Gasteiger partial charge in [-0.1, -0.05) is 18.5 Å². The van der Waals surface area contributed by atoms with Crippen LogP contribution in [0.4, 0.5) is 0 Å². The van der Waals surface area contributed by atoms with Crippen LogP contribution in [0.1, 0.15) is 20.3 Å². The van der Waals surface area contributed by atoms with Crippen molar-refractivity contribution >= 4 is 11.6 Å². The second kappa shape index (κ2) is 4.41. The fraction of sp³-hybridized carbons (Fsp3) is 1.00. The third kappa shape index (κ3) is 4.10. The minimum Gasteiger partial charge on any atom is -0.363 e.